The quantitative estimate of drug-likeness (QED) is 0.476. The number of aromatic nitrogens is 3. The number of anilines is 2. The first kappa shape index (κ1) is 24.2. The third kappa shape index (κ3) is 5.20. The van der Waals surface area contributed by atoms with Gasteiger partial charge in [-0.05, 0) is 61.4 Å². The predicted molar refractivity (Wildman–Crippen MR) is 130 cm³/mol. The molecule has 2 aliphatic rings. The minimum Gasteiger partial charge on any atom is -0.397 e. The lowest BCUT2D eigenvalue weighted by atomic mass is 9.80. The lowest BCUT2D eigenvalue weighted by Gasteiger charge is -2.46. The molecule has 1 saturated heterocycles. The minimum absolute atomic E-state index is 0.0619. The fourth-order valence-corrected chi connectivity index (χ4v) is 5.26. The number of nitrogens with zero attached hydrogens (tertiary/aromatic N) is 4. The van der Waals surface area contributed by atoms with Gasteiger partial charge in [0.05, 0.1) is 35.6 Å². The fourth-order valence-electron chi connectivity index (χ4n) is 5.26. The van der Waals surface area contributed by atoms with Crippen molar-refractivity contribution in [2.45, 2.75) is 49.9 Å². The molecule has 11 heteroatoms. The predicted octanol–water partition coefficient (Wildman–Crippen LogP) is 3.56. The molecule has 190 valence electrons. The number of carbonyl (C=O) groups is 1. The van der Waals surface area contributed by atoms with Crippen LogP contribution in [0.2, 0.25) is 0 Å². The average molecular weight is 500 g/mol. The van der Waals surface area contributed by atoms with Gasteiger partial charge in [-0.1, -0.05) is 0 Å². The molecule has 3 aromatic rings. The maximum absolute atomic E-state index is 13.1. The van der Waals surface area contributed by atoms with Crippen LogP contribution in [0, 0.1) is 0 Å². The molecular weight excluding hydrogens is 471 g/mol. The van der Waals surface area contributed by atoms with Gasteiger partial charge in [-0.25, -0.2) is 9.97 Å². The summed E-state index contributed by atoms with van der Waals surface area (Å²) >= 11 is 0. The lowest BCUT2D eigenvalue weighted by molar-refractivity contribution is -0.137. The monoisotopic (exact) mass is 499 g/mol. The Labute approximate surface area is 206 Å². The van der Waals surface area contributed by atoms with E-state index >= 15 is 0 Å². The Morgan fingerprint density at radius 3 is 2.61 bits per heavy atom. The van der Waals surface area contributed by atoms with Crippen LogP contribution in [0.15, 0.2) is 43.0 Å². The van der Waals surface area contributed by atoms with Crippen molar-refractivity contribution >= 4 is 28.3 Å². The van der Waals surface area contributed by atoms with Gasteiger partial charge in [-0.2, -0.15) is 13.2 Å². The van der Waals surface area contributed by atoms with Crippen LogP contribution >= 0.6 is 0 Å². The van der Waals surface area contributed by atoms with Crippen LogP contribution in [-0.2, 0) is 11.0 Å². The SMILES string of the molecule is Nc1cnccc1C1CCC(N2CC(NC(=O)CNc3ncnc4ccc(C(F)(F)F)cc34)C2)CC1. The Balaban J connectivity index is 1.09. The standard InChI is InChI=1S/C25H28F3N7O/c26-25(27,28)16-3-6-22-20(9-16)24(33-14-32-22)31-11-23(36)34-17-12-35(13-17)18-4-1-15(2-5-18)19-7-8-30-10-21(19)29/h3,6-10,14-15,17-18H,1-2,4-5,11-13,29H2,(H,34,36)(H,31,32,33). The number of carbonyl (C=O) groups excluding carboxylic acids is 1. The van der Waals surface area contributed by atoms with Gasteiger partial charge in [0, 0.05) is 30.7 Å². The zero-order valence-corrected chi connectivity index (χ0v) is 19.6. The number of hydrogen-bond acceptors (Lipinski definition) is 7. The molecule has 1 aliphatic heterocycles. The largest absolute Gasteiger partial charge is 0.416 e. The smallest absolute Gasteiger partial charge is 0.397 e. The second-order valence-corrected chi connectivity index (χ2v) is 9.53. The Morgan fingerprint density at radius 2 is 1.89 bits per heavy atom. The molecule has 8 nitrogen and oxygen atoms in total. The summed E-state index contributed by atoms with van der Waals surface area (Å²) in [6.07, 6.45) is 4.65. The van der Waals surface area contributed by atoms with Crippen LogP contribution in [0.1, 0.15) is 42.7 Å². The van der Waals surface area contributed by atoms with Crippen LogP contribution in [0.3, 0.4) is 0 Å². The van der Waals surface area contributed by atoms with Gasteiger partial charge in [-0.15, -0.1) is 0 Å². The zero-order chi connectivity index (χ0) is 25.3. The van der Waals surface area contributed by atoms with Gasteiger partial charge < -0.3 is 16.4 Å². The van der Waals surface area contributed by atoms with Crippen molar-refractivity contribution in [3.63, 3.8) is 0 Å². The van der Waals surface area contributed by atoms with Gasteiger partial charge in [0.1, 0.15) is 12.1 Å². The van der Waals surface area contributed by atoms with E-state index in [2.05, 4.69) is 30.5 Å². The molecule has 0 spiro atoms. The maximum Gasteiger partial charge on any atom is 0.416 e. The number of rotatable bonds is 6. The number of nitrogen functional groups attached to an aromatic ring is 1. The van der Waals surface area contributed by atoms with Crippen LogP contribution in [0.4, 0.5) is 24.7 Å². The van der Waals surface area contributed by atoms with Crippen molar-refractivity contribution in [2.24, 2.45) is 0 Å². The molecule has 1 saturated carbocycles. The van der Waals surface area contributed by atoms with Gasteiger partial charge >= 0.3 is 6.18 Å². The highest BCUT2D eigenvalue weighted by Gasteiger charge is 2.35. The number of nitrogens with one attached hydrogen (secondary N) is 2. The molecule has 5 rings (SSSR count). The number of nitrogens with two attached hydrogens (primary N) is 1. The average Bonchev–Trinajstić information content (AvgIpc) is 2.84. The maximum atomic E-state index is 13.1. The van der Waals surface area contributed by atoms with E-state index in [1.54, 1.807) is 12.4 Å². The number of amides is 1. The van der Waals surface area contributed by atoms with Crippen LogP contribution < -0.4 is 16.4 Å². The minimum atomic E-state index is -4.47. The lowest BCUT2D eigenvalue weighted by Crippen LogP contribution is -2.63. The van der Waals surface area contributed by atoms with Gasteiger partial charge in [0.2, 0.25) is 5.91 Å². The number of likely N-dealkylation sites (tertiary alicyclic amines) is 1. The van der Waals surface area contributed by atoms with Crippen molar-refractivity contribution in [1.29, 1.82) is 0 Å². The second kappa shape index (κ2) is 9.88. The number of hydrogen-bond donors (Lipinski definition) is 3. The van der Waals surface area contributed by atoms with Crippen molar-refractivity contribution in [3.05, 3.63) is 54.1 Å². The van der Waals surface area contributed by atoms with Gasteiger partial charge in [-0.3, -0.25) is 14.7 Å². The van der Waals surface area contributed by atoms with E-state index in [0.29, 0.717) is 17.5 Å². The summed E-state index contributed by atoms with van der Waals surface area (Å²) in [6, 6.07) is 5.86. The molecule has 0 unspecified atom stereocenters. The first-order chi connectivity index (χ1) is 17.3. The van der Waals surface area contributed by atoms with Crippen molar-refractivity contribution in [1.82, 2.24) is 25.2 Å². The van der Waals surface area contributed by atoms with E-state index in [1.165, 1.54) is 18.0 Å². The van der Waals surface area contributed by atoms with Gasteiger partial charge in [0.15, 0.2) is 0 Å². The Kier molecular flexibility index (Phi) is 6.65. The van der Waals surface area contributed by atoms with E-state index in [1.807, 2.05) is 6.07 Å². The summed E-state index contributed by atoms with van der Waals surface area (Å²) in [5, 5.41) is 6.07. The molecule has 1 aromatic carbocycles. The summed E-state index contributed by atoms with van der Waals surface area (Å²) in [6.45, 7) is 1.50. The third-order valence-electron chi connectivity index (χ3n) is 7.19. The van der Waals surface area contributed by atoms with Crippen LogP contribution in [0.5, 0.6) is 0 Å². The summed E-state index contributed by atoms with van der Waals surface area (Å²) in [5.74, 6) is 0.440. The zero-order valence-electron chi connectivity index (χ0n) is 19.6. The highest BCUT2D eigenvalue weighted by molar-refractivity contribution is 5.91. The van der Waals surface area contributed by atoms with Gasteiger partial charge in [0.25, 0.3) is 0 Å². The van der Waals surface area contributed by atoms with Crippen LogP contribution in [-0.4, -0.2) is 57.5 Å². The number of pyridine rings is 1. The second-order valence-electron chi connectivity index (χ2n) is 9.53. The van der Waals surface area contributed by atoms with Crippen molar-refractivity contribution in [2.75, 3.05) is 30.7 Å². The first-order valence-corrected chi connectivity index (χ1v) is 12.1. The molecular formula is C25H28F3N7O. The van der Waals surface area contributed by atoms with Crippen molar-refractivity contribution in [3.8, 4) is 0 Å². The molecule has 0 atom stereocenters. The van der Waals surface area contributed by atoms with Crippen LogP contribution in [0.25, 0.3) is 10.9 Å². The number of alkyl halides is 3. The molecule has 3 heterocycles. The molecule has 36 heavy (non-hydrogen) atoms. The van der Waals surface area contributed by atoms with E-state index in [4.69, 9.17) is 5.73 Å². The normalized spacial score (nSPS) is 21.2. The number of halogens is 3. The molecule has 0 bridgehead atoms. The highest BCUT2D eigenvalue weighted by Crippen LogP contribution is 2.38. The molecule has 1 amide bonds. The number of benzene rings is 1. The van der Waals surface area contributed by atoms with Crippen molar-refractivity contribution < 1.29 is 18.0 Å². The van der Waals surface area contributed by atoms with E-state index in [9.17, 15) is 18.0 Å². The van der Waals surface area contributed by atoms with E-state index in [-0.39, 0.29) is 29.7 Å². The summed E-state index contributed by atoms with van der Waals surface area (Å²) in [7, 11) is 0. The third-order valence-corrected chi connectivity index (χ3v) is 7.19. The summed E-state index contributed by atoms with van der Waals surface area (Å²) < 4.78 is 39.3. The van der Waals surface area contributed by atoms with E-state index < -0.39 is 11.7 Å². The molecule has 2 aromatic heterocycles. The summed E-state index contributed by atoms with van der Waals surface area (Å²) in [4.78, 5) is 27.0. The fraction of sp³-hybridized carbons (Fsp3) is 0.440. The Bertz CT molecular complexity index is 1240. The molecule has 0 radical (unpaired) electrons. The topological polar surface area (TPSA) is 109 Å². The van der Waals surface area contributed by atoms with E-state index in [0.717, 1.165) is 56.6 Å². The highest BCUT2D eigenvalue weighted by atomic mass is 19.4. The summed E-state index contributed by atoms with van der Waals surface area (Å²) in [5.41, 5.74) is 7.63. The Morgan fingerprint density at radius 1 is 1.11 bits per heavy atom. The Hall–Kier alpha value is -3.47. The molecule has 4 N–H and O–H groups in total. The molecule has 1 aliphatic carbocycles. The molecule has 2 fully saturated rings. The number of fused-ring (bicyclic) bond motifs is 1. The first-order valence-electron chi connectivity index (χ1n) is 12.1.